The van der Waals surface area contributed by atoms with Gasteiger partial charge in [0.15, 0.2) is 0 Å². The highest BCUT2D eigenvalue weighted by atomic mass is 32.2. The molecule has 1 atom stereocenters. The number of anilines is 1. The zero-order valence-corrected chi connectivity index (χ0v) is 10.5. The molecule has 0 aliphatic rings. The highest BCUT2D eigenvalue weighted by Crippen LogP contribution is 2.26. The molecule has 1 unspecified atom stereocenters. The Morgan fingerprint density at radius 2 is 2.12 bits per heavy atom. The molecule has 0 bridgehead atoms. The van der Waals surface area contributed by atoms with Gasteiger partial charge in [0.1, 0.15) is 5.82 Å². The minimum Gasteiger partial charge on any atom is -0.324 e. The van der Waals surface area contributed by atoms with Crippen molar-refractivity contribution in [3.05, 3.63) is 35.7 Å². The number of halogens is 1. The zero-order valence-electron chi connectivity index (χ0n) is 9.70. The highest BCUT2D eigenvalue weighted by molar-refractivity contribution is 7.92. The van der Waals surface area contributed by atoms with E-state index in [2.05, 4.69) is 11.3 Å². The van der Waals surface area contributed by atoms with E-state index in [9.17, 15) is 12.8 Å². The van der Waals surface area contributed by atoms with Gasteiger partial charge in [-0.2, -0.15) is 0 Å². The third kappa shape index (κ3) is 3.54. The lowest BCUT2D eigenvalue weighted by Gasteiger charge is -2.13. The van der Waals surface area contributed by atoms with Crippen LogP contribution < -0.4 is 10.5 Å². The van der Waals surface area contributed by atoms with Crippen molar-refractivity contribution in [2.45, 2.75) is 13.0 Å². The van der Waals surface area contributed by atoms with Crippen LogP contribution in [0.5, 0.6) is 0 Å². The van der Waals surface area contributed by atoms with Gasteiger partial charge in [0, 0.05) is 11.6 Å². The van der Waals surface area contributed by atoms with E-state index < -0.39 is 15.8 Å². The Morgan fingerprint density at radius 3 is 2.53 bits per heavy atom. The van der Waals surface area contributed by atoms with Gasteiger partial charge < -0.3 is 5.73 Å². The quantitative estimate of drug-likeness (QED) is 0.865. The summed E-state index contributed by atoms with van der Waals surface area (Å²) in [5.74, 6) is -0.667. The van der Waals surface area contributed by atoms with Crippen LogP contribution in [-0.2, 0) is 10.0 Å². The SMILES string of the molecule is C=Cc1cc(C(C)N)cc(F)c1NS(C)(=O)=O. The normalized spacial score (nSPS) is 13.2. The molecule has 0 amide bonds. The largest absolute Gasteiger partial charge is 0.324 e. The van der Waals surface area contributed by atoms with Crippen LogP contribution >= 0.6 is 0 Å². The summed E-state index contributed by atoms with van der Waals surface area (Å²) >= 11 is 0. The molecule has 0 heterocycles. The van der Waals surface area contributed by atoms with E-state index in [1.807, 2.05) is 0 Å². The summed E-state index contributed by atoms with van der Waals surface area (Å²) < 4.78 is 38.1. The van der Waals surface area contributed by atoms with Gasteiger partial charge in [-0.1, -0.05) is 12.7 Å². The second-order valence-electron chi connectivity index (χ2n) is 3.83. The van der Waals surface area contributed by atoms with Crippen molar-refractivity contribution in [3.63, 3.8) is 0 Å². The molecule has 6 heteroatoms. The van der Waals surface area contributed by atoms with Crippen LogP contribution in [0, 0.1) is 5.82 Å². The monoisotopic (exact) mass is 258 g/mol. The minimum atomic E-state index is -3.53. The molecular formula is C11H15FN2O2S. The number of sulfonamides is 1. The summed E-state index contributed by atoms with van der Waals surface area (Å²) in [6.45, 7) is 5.23. The first-order valence-corrected chi connectivity index (χ1v) is 6.83. The maximum absolute atomic E-state index is 13.8. The number of rotatable bonds is 4. The summed E-state index contributed by atoms with van der Waals surface area (Å²) in [7, 11) is -3.53. The van der Waals surface area contributed by atoms with Crippen molar-refractivity contribution in [3.8, 4) is 0 Å². The van der Waals surface area contributed by atoms with Crippen LogP contribution in [0.1, 0.15) is 24.1 Å². The maximum Gasteiger partial charge on any atom is 0.229 e. The molecule has 0 fully saturated rings. The molecule has 0 aliphatic carbocycles. The van der Waals surface area contributed by atoms with Crippen LogP contribution in [0.4, 0.5) is 10.1 Å². The summed E-state index contributed by atoms with van der Waals surface area (Å²) in [6.07, 6.45) is 2.33. The summed E-state index contributed by atoms with van der Waals surface area (Å²) in [5.41, 5.74) is 6.48. The van der Waals surface area contributed by atoms with Crippen LogP contribution in [0.3, 0.4) is 0 Å². The van der Waals surface area contributed by atoms with Crippen LogP contribution in [0.2, 0.25) is 0 Å². The molecule has 94 valence electrons. The number of hydrogen-bond donors (Lipinski definition) is 2. The lowest BCUT2D eigenvalue weighted by atomic mass is 10.0. The molecule has 0 saturated heterocycles. The highest BCUT2D eigenvalue weighted by Gasteiger charge is 2.14. The van der Waals surface area contributed by atoms with Gasteiger partial charge in [-0.3, -0.25) is 4.72 Å². The molecule has 0 aromatic heterocycles. The van der Waals surface area contributed by atoms with Gasteiger partial charge in [-0.05, 0) is 24.6 Å². The Kier molecular flexibility index (Phi) is 3.90. The standard InChI is InChI=1S/C11H15FN2O2S/c1-4-8-5-9(7(2)13)6-10(12)11(8)14-17(3,15)16/h4-7,14H,1,13H2,2-3H3. The van der Waals surface area contributed by atoms with Gasteiger partial charge in [-0.25, -0.2) is 12.8 Å². The van der Waals surface area contributed by atoms with Crippen molar-refractivity contribution in [2.24, 2.45) is 5.73 Å². The Balaban J connectivity index is 3.36. The van der Waals surface area contributed by atoms with Gasteiger partial charge in [0.2, 0.25) is 10.0 Å². The fraction of sp³-hybridized carbons (Fsp3) is 0.273. The molecule has 0 aliphatic heterocycles. The van der Waals surface area contributed by atoms with Crippen LogP contribution in [0.25, 0.3) is 6.08 Å². The first-order valence-electron chi connectivity index (χ1n) is 4.94. The van der Waals surface area contributed by atoms with E-state index in [1.165, 1.54) is 12.1 Å². The van der Waals surface area contributed by atoms with Crippen molar-refractivity contribution >= 4 is 21.8 Å². The fourth-order valence-corrected chi connectivity index (χ4v) is 1.95. The van der Waals surface area contributed by atoms with E-state index in [1.54, 1.807) is 13.0 Å². The maximum atomic E-state index is 13.8. The molecular weight excluding hydrogens is 243 g/mol. The third-order valence-electron chi connectivity index (χ3n) is 2.18. The van der Waals surface area contributed by atoms with Gasteiger partial charge in [-0.15, -0.1) is 0 Å². The molecule has 3 N–H and O–H groups in total. The number of hydrogen-bond acceptors (Lipinski definition) is 3. The average molecular weight is 258 g/mol. The van der Waals surface area contributed by atoms with Gasteiger partial charge in [0.25, 0.3) is 0 Å². The molecule has 0 saturated carbocycles. The molecule has 1 aromatic rings. The predicted octanol–water partition coefficient (Wildman–Crippen LogP) is 1.86. The molecule has 0 radical (unpaired) electrons. The van der Waals surface area contributed by atoms with Gasteiger partial charge >= 0.3 is 0 Å². The lowest BCUT2D eigenvalue weighted by molar-refractivity contribution is 0.603. The van der Waals surface area contributed by atoms with Crippen molar-refractivity contribution in [1.29, 1.82) is 0 Å². The lowest BCUT2D eigenvalue weighted by Crippen LogP contribution is -2.13. The van der Waals surface area contributed by atoms with Crippen molar-refractivity contribution in [2.75, 3.05) is 11.0 Å². The average Bonchev–Trinajstić information content (AvgIpc) is 2.18. The third-order valence-corrected chi connectivity index (χ3v) is 2.75. The van der Waals surface area contributed by atoms with Crippen LogP contribution in [0.15, 0.2) is 18.7 Å². The van der Waals surface area contributed by atoms with E-state index in [4.69, 9.17) is 5.73 Å². The van der Waals surface area contributed by atoms with Crippen LogP contribution in [-0.4, -0.2) is 14.7 Å². The minimum absolute atomic E-state index is 0.105. The Morgan fingerprint density at radius 1 is 1.53 bits per heavy atom. The predicted molar refractivity (Wildman–Crippen MR) is 67.6 cm³/mol. The smallest absolute Gasteiger partial charge is 0.229 e. The summed E-state index contributed by atoms with van der Waals surface area (Å²) in [4.78, 5) is 0. The summed E-state index contributed by atoms with van der Waals surface area (Å²) in [6, 6.07) is 2.48. The van der Waals surface area contributed by atoms with Crippen molar-refractivity contribution < 1.29 is 12.8 Å². The van der Waals surface area contributed by atoms with E-state index in [-0.39, 0.29) is 11.7 Å². The second kappa shape index (κ2) is 4.85. The Bertz CT molecular complexity index is 539. The van der Waals surface area contributed by atoms with Crippen molar-refractivity contribution in [1.82, 2.24) is 0 Å². The molecule has 4 nitrogen and oxygen atoms in total. The molecule has 0 spiro atoms. The number of nitrogens with two attached hydrogens (primary N) is 1. The topological polar surface area (TPSA) is 72.2 Å². The first kappa shape index (κ1) is 13.7. The first-order chi connectivity index (χ1) is 7.74. The molecule has 1 aromatic carbocycles. The Hall–Kier alpha value is -1.40. The van der Waals surface area contributed by atoms with E-state index >= 15 is 0 Å². The van der Waals surface area contributed by atoms with Gasteiger partial charge in [0.05, 0.1) is 11.9 Å². The zero-order chi connectivity index (χ0) is 13.2. The summed E-state index contributed by atoms with van der Waals surface area (Å²) in [5, 5.41) is 0. The van der Waals surface area contributed by atoms with E-state index in [0.29, 0.717) is 11.1 Å². The van der Waals surface area contributed by atoms with E-state index in [0.717, 1.165) is 6.26 Å². The fourth-order valence-electron chi connectivity index (χ4n) is 1.37. The second-order valence-corrected chi connectivity index (χ2v) is 5.58. The Labute approximate surface area is 100 Å². The molecule has 17 heavy (non-hydrogen) atoms. The number of nitrogens with one attached hydrogen (secondary N) is 1. The molecule has 1 rings (SSSR count). The number of benzene rings is 1.